The number of aryl methyl sites for hydroxylation is 2. The number of rotatable bonds is 9. The van der Waals surface area contributed by atoms with Crippen LogP contribution in [-0.2, 0) is 6.42 Å². The molecule has 0 spiro atoms. The van der Waals surface area contributed by atoms with E-state index in [0.29, 0.717) is 0 Å². The SMILES string of the molecule is CCCCCCCCCCc1p[pH]nc1C. The van der Waals surface area contributed by atoms with Crippen LogP contribution in [0.5, 0.6) is 0 Å². The Morgan fingerprint density at radius 3 is 2.19 bits per heavy atom. The Morgan fingerprint density at radius 1 is 1.00 bits per heavy atom. The van der Waals surface area contributed by atoms with E-state index in [1.54, 1.807) is 5.30 Å². The van der Waals surface area contributed by atoms with Gasteiger partial charge in [0.05, 0.1) is 0 Å². The molecule has 0 fully saturated rings. The van der Waals surface area contributed by atoms with E-state index in [4.69, 9.17) is 0 Å². The topological polar surface area (TPSA) is 12.9 Å². The highest BCUT2D eigenvalue weighted by molar-refractivity contribution is 7.89. The van der Waals surface area contributed by atoms with Gasteiger partial charge in [0.2, 0.25) is 0 Å². The predicted molar refractivity (Wildman–Crippen MR) is 77.3 cm³/mol. The third kappa shape index (κ3) is 6.02. The lowest BCUT2D eigenvalue weighted by atomic mass is 10.1. The van der Waals surface area contributed by atoms with Crippen molar-refractivity contribution >= 4 is 15.9 Å². The van der Waals surface area contributed by atoms with Crippen molar-refractivity contribution in [2.24, 2.45) is 0 Å². The highest BCUT2D eigenvalue weighted by Crippen LogP contribution is 2.28. The summed E-state index contributed by atoms with van der Waals surface area (Å²) in [7, 11) is 2.30. The average Bonchev–Trinajstić information content (AvgIpc) is 2.68. The van der Waals surface area contributed by atoms with Gasteiger partial charge in [-0.25, -0.2) is 4.75 Å². The Morgan fingerprint density at radius 2 is 1.62 bits per heavy atom. The summed E-state index contributed by atoms with van der Waals surface area (Å²) in [5.41, 5.74) is 1.34. The van der Waals surface area contributed by atoms with Crippen LogP contribution in [0.3, 0.4) is 0 Å². The molecular formula is C13H25NP2. The fourth-order valence-corrected chi connectivity index (χ4v) is 4.78. The third-order valence-electron chi connectivity index (χ3n) is 3.09. The summed E-state index contributed by atoms with van der Waals surface area (Å²) in [6.45, 7) is 4.45. The molecule has 0 radical (unpaired) electrons. The first-order valence-electron chi connectivity index (χ1n) is 6.71. The van der Waals surface area contributed by atoms with E-state index in [9.17, 15) is 0 Å². The zero-order valence-electron chi connectivity index (χ0n) is 10.8. The minimum atomic E-state index is 0.804. The summed E-state index contributed by atoms with van der Waals surface area (Å²) in [5.74, 6) is 0. The second kappa shape index (κ2) is 9.20. The Balaban J connectivity index is 1.91. The molecule has 92 valence electrons. The maximum Gasteiger partial charge on any atom is 0.0495 e. The number of nitrogens with zero attached hydrogens (tertiary/aromatic N) is 1. The normalized spacial score (nSPS) is 11.9. The Bertz CT molecular complexity index is 271. The van der Waals surface area contributed by atoms with Gasteiger partial charge in [0.25, 0.3) is 0 Å². The number of hydrogen-bond acceptors (Lipinski definition) is 1. The maximum absolute atomic E-state index is 4.46. The monoisotopic (exact) mass is 257 g/mol. The van der Waals surface area contributed by atoms with E-state index >= 15 is 0 Å². The second-order valence-electron chi connectivity index (χ2n) is 4.58. The smallest absolute Gasteiger partial charge is 0.0495 e. The van der Waals surface area contributed by atoms with Gasteiger partial charge in [0, 0.05) is 11.0 Å². The zero-order valence-corrected chi connectivity index (χ0v) is 12.7. The molecule has 1 atom stereocenters. The van der Waals surface area contributed by atoms with Crippen LogP contribution in [0.25, 0.3) is 0 Å². The van der Waals surface area contributed by atoms with Crippen molar-refractivity contribution in [3.63, 3.8) is 0 Å². The van der Waals surface area contributed by atoms with Gasteiger partial charge in [0.15, 0.2) is 0 Å². The van der Waals surface area contributed by atoms with Crippen molar-refractivity contribution in [3.05, 3.63) is 11.0 Å². The third-order valence-corrected chi connectivity index (χ3v) is 5.85. The van der Waals surface area contributed by atoms with Crippen molar-refractivity contribution in [1.29, 1.82) is 0 Å². The van der Waals surface area contributed by atoms with Gasteiger partial charge in [-0.05, 0) is 35.7 Å². The Hall–Kier alpha value is 0.140. The van der Waals surface area contributed by atoms with Gasteiger partial charge < -0.3 is 0 Å². The van der Waals surface area contributed by atoms with Crippen molar-refractivity contribution in [2.45, 2.75) is 71.6 Å². The summed E-state index contributed by atoms with van der Waals surface area (Å²) >= 11 is 0. The van der Waals surface area contributed by atoms with Crippen molar-refractivity contribution in [1.82, 2.24) is 4.75 Å². The first-order chi connectivity index (χ1) is 7.84. The summed E-state index contributed by atoms with van der Waals surface area (Å²) in [6, 6.07) is 0. The molecule has 1 rings (SSSR count). The molecule has 0 bridgehead atoms. The fraction of sp³-hybridized carbons (Fsp3) is 0.846. The van der Waals surface area contributed by atoms with Crippen LogP contribution in [0.15, 0.2) is 0 Å². The molecule has 1 heterocycles. The maximum atomic E-state index is 4.46. The fourth-order valence-electron chi connectivity index (χ4n) is 1.97. The first kappa shape index (κ1) is 14.2. The van der Waals surface area contributed by atoms with E-state index in [0.717, 1.165) is 8.03 Å². The molecule has 1 aromatic heterocycles. The summed E-state index contributed by atoms with van der Waals surface area (Å²) < 4.78 is 4.46. The van der Waals surface area contributed by atoms with E-state index in [-0.39, 0.29) is 0 Å². The molecule has 0 aliphatic carbocycles. The van der Waals surface area contributed by atoms with Gasteiger partial charge in [-0.15, -0.1) is 0 Å². The van der Waals surface area contributed by atoms with Crippen LogP contribution in [-0.4, -0.2) is 4.75 Å². The van der Waals surface area contributed by atoms with Crippen molar-refractivity contribution in [2.75, 3.05) is 0 Å². The summed E-state index contributed by atoms with van der Waals surface area (Å²) in [4.78, 5) is 0. The molecule has 0 saturated heterocycles. The van der Waals surface area contributed by atoms with E-state index in [1.807, 2.05) is 0 Å². The lowest BCUT2D eigenvalue weighted by Gasteiger charge is -2.01. The Kier molecular flexibility index (Phi) is 8.17. The molecular weight excluding hydrogens is 232 g/mol. The highest BCUT2D eigenvalue weighted by Gasteiger charge is 2.00. The molecule has 0 saturated carbocycles. The highest BCUT2D eigenvalue weighted by atomic mass is 31.8. The molecule has 0 aliphatic heterocycles. The quantitative estimate of drug-likeness (QED) is 0.518. The standard InChI is InChI=1S/C13H25NP2/c1-3-4-5-6-7-8-9-10-11-13-12(2)14-16-15-13/h16H,3-11H2,1-2H3. The molecule has 0 N–H and O–H groups in total. The number of unbranched alkanes of at least 4 members (excludes halogenated alkanes) is 7. The van der Waals surface area contributed by atoms with Gasteiger partial charge in [-0.1, -0.05) is 51.9 Å². The number of aromatic nitrogens is 1. The summed E-state index contributed by atoms with van der Waals surface area (Å²) in [5, 5.41) is 1.62. The van der Waals surface area contributed by atoms with E-state index in [2.05, 4.69) is 18.6 Å². The lowest BCUT2D eigenvalue weighted by Crippen LogP contribution is -1.86. The molecule has 1 aromatic rings. The molecule has 0 amide bonds. The van der Waals surface area contributed by atoms with Gasteiger partial charge >= 0.3 is 0 Å². The lowest BCUT2D eigenvalue weighted by molar-refractivity contribution is 0.576. The van der Waals surface area contributed by atoms with Gasteiger partial charge in [-0.2, -0.15) is 0 Å². The zero-order chi connectivity index (χ0) is 11.6. The van der Waals surface area contributed by atoms with Gasteiger partial charge in [0.1, 0.15) is 0 Å². The average molecular weight is 257 g/mol. The minimum absolute atomic E-state index is 0.804. The van der Waals surface area contributed by atoms with Crippen LogP contribution in [0, 0.1) is 6.92 Å². The minimum Gasteiger partial charge on any atom is -0.241 e. The van der Waals surface area contributed by atoms with E-state index in [1.165, 1.54) is 71.4 Å². The van der Waals surface area contributed by atoms with Crippen LogP contribution in [0.2, 0.25) is 0 Å². The van der Waals surface area contributed by atoms with Gasteiger partial charge in [-0.3, -0.25) is 0 Å². The van der Waals surface area contributed by atoms with Crippen LogP contribution < -0.4 is 0 Å². The predicted octanol–water partition coefficient (Wildman–Crippen LogP) is 5.68. The molecule has 0 aromatic carbocycles. The van der Waals surface area contributed by atoms with E-state index < -0.39 is 0 Å². The molecule has 1 nitrogen and oxygen atoms in total. The Labute approximate surface area is 104 Å². The molecule has 3 heteroatoms. The molecule has 1 unspecified atom stereocenters. The largest absolute Gasteiger partial charge is 0.241 e. The first-order valence-corrected chi connectivity index (χ1v) is 9.39. The number of hydrogen-bond donors (Lipinski definition) is 0. The van der Waals surface area contributed by atoms with Crippen LogP contribution >= 0.6 is 15.9 Å². The van der Waals surface area contributed by atoms with Crippen molar-refractivity contribution in [3.8, 4) is 0 Å². The molecule has 0 aliphatic rings. The second-order valence-corrected chi connectivity index (χ2v) is 7.04. The van der Waals surface area contributed by atoms with Crippen molar-refractivity contribution < 1.29 is 0 Å². The van der Waals surface area contributed by atoms with Crippen LogP contribution in [0.1, 0.15) is 69.3 Å². The summed E-state index contributed by atoms with van der Waals surface area (Å²) in [6.07, 6.45) is 12.7. The molecule has 16 heavy (non-hydrogen) atoms. The van der Waals surface area contributed by atoms with Crippen LogP contribution in [0.4, 0.5) is 0 Å².